The van der Waals surface area contributed by atoms with Crippen LogP contribution in [0.4, 0.5) is 0 Å². The van der Waals surface area contributed by atoms with E-state index in [1.807, 2.05) is 24.3 Å². The van der Waals surface area contributed by atoms with Crippen molar-refractivity contribution in [2.24, 2.45) is 0 Å². The summed E-state index contributed by atoms with van der Waals surface area (Å²) in [5, 5.41) is 1.75. The van der Waals surface area contributed by atoms with E-state index in [-0.39, 0.29) is 0 Å². The normalized spacial score (nSPS) is 17.4. The third-order valence-electron chi connectivity index (χ3n) is 5.20. The van der Waals surface area contributed by atoms with Gasteiger partial charge in [0.15, 0.2) is 5.82 Å². The number of nitrogens with one attached hydrogen (secondary N) is 1. The van der Waals surface area contributed by atoms with Crippen LogP contribution in [-0.4, -0.2) is 36.3 Å². The fourth-order valence-electron chi connectivity index (χ4n) is 3.86. The second-order valence-corrected chi connectivity index (χ2v) is 8.60. The van der Waals surface area contributed by atoms with Gasteiger partial charge in [0.05, 0.1) is 18.6 Å². The van der Waals surface area contributed by atoms with E-state index in [0.29, 0.717) is 16.7 Å². The van der Waals surface area contributed by atoms with E-state index in [2.05, 4.69) is 0 Å². The molecule has 1 aliphatic carbocycles. The number of aromatic nitrogens is 2. The van der Waals surface area contributed by atoms with Gasteiger partial charge in [-0.2, -0.15) is 4.98 Å². The number of aryl methyl sites for hydroxylation is 2. The summed E-state index contributed by atoms with van der Waals surface area (Å²) in [6, 6.07) is 7.49. The number of nitrogens with zero attached hydrogens (tertiary/aromatic N) is 2. The van der Waals surface area contributed by atoms with Gasteiger partial charge in [-0.1, -0.05) is 17.7 Å². The molecule has 27 heavy (non-hydrogen) atoms. The van der Waals surface area contributed by atoms with Crippen molar-refractivity contribution in [1.29, 1.82) is 0 Å². The first kappa shape index (κ1) is 17.4. The number of morpholine rings is 1. The maximum Gasteiger partial charge on any atom is 0.231 e. The van der Waals surface area contributed by atoms with E-state index in [1.165, 1.54) is 21.8 Å². The molecule has 5 nitrogen and oxygen atoms in total. The molecule has 0 bridgehead atoms. The van der Waals surface area contributed by atoms with Crippen LogP contribution in [-0.2, 0) is 24.1 Å². The monoisotopic (exact) mass is 402 g/mol. The Bertz CT molecular complexity index is 985. The lowest BCUT2D eigenvalue weighted by Gasteiger charge is -2.23. The lowest BCUT2D eigenvalue weighted by atomic mass is 10.2. The van der Waals surface area contributed by atoms with Gasteiger partial charge in [0, 0.05) is 9.90 Å². The van der Waals surface area contributed by atoms with Gasteiger partial charge in [-0.15, -0.1) is 11.3 Å². The summed E-state index contributed by atoms with van der Waals surface area (Å²) in [5.41, 5.74) is 1.37. The van der Waals surface area contributed by atoms with Crippen molar-refractivity contribution in [3.8, 4) is 11.6 Å². The lowest BCUT2D eigenvalue weighted by Crippen LogP contribution is -3.12. The molecule has 140 valence electrons. The van der Waals surface area contributed by atoms with Gasteiger partial charge in [0.2, 0.25) is 5.88 Å². The number of benzene rings is 1. The lowest BCUT2D eigenvalue weighted by molar-refractivity contribution is -0.922. The average molecular weight is 403 g/mol. The Morgan fingerprint density at radius 2 is 2.07 bits per heavy atom. The van der Waals surface area contributed by atoms with Crippen molar-refractivity contribution in [3.05, 3.63) is 45.6 Å². The Kier molecular flexibility index (Phi) is 4.73. The number of thiophene rings is 1. The second-order valence-electron chi connectivity index (χ2n) is 7.08. The van der Waals surface area contributed by atoms with E-state index in [4.69, 9.17) is 31.0 Å². The van der Waals surface area contributed by atoms with Crippen molar-refractivity contribution in [3.63, 3.8) is 0 Å². The number of hydrogen-bond donors (Lipinski definition) is 1. The molecule has 0 unspecified atom stereocenters. The van der Waals surface area contributed by atoms with E-state index in [1.54, 1.807) is 11.3 Å². The minimum atomic E-state index is 0.659. The molecule has 1 aromatic carbocycles. The van der Waals surface area contributed by atoms with Gasteiger partial charge < -0.3 is 14.4 Å². The van der Waals surface area contributed by atoms with E-state index in [0.717, 1.165) is 61.7 Å². The number of halogens is 1. The molecule has 2 aliphatic rings. The summed E-state index contributed by atoms with van der Waals surface area (Å²) in [7, 11) is 0. The topological polar surface area (TPSA) is 48.7 Å². The van der Waals surface area contributed by atoms with Gasteiger partial charge in [-0.25, -0.2) is 4.98 Å². The summed E-state index contributed by atoms with van der Waals surface area (Å²) in [4.78, 5) is 13.7. The van der Waals surface area contributed by atoms with Gasteiger partial charge in [0.25, 0.3) is 0 Å². The molecule has 7 heteroatoms. The van der Waals surface area contributed by atoms with Crippen LogP contribution in [0.5, 0.6) is 11.6 Å². The van der Waals surface area contributed by atoms with Crippen molar-refractivity contribution in [1.82, 2.24) is 9.97 Å². The van der Waals surface area contributed by atoms with Gasteiger partial charge in [-0.3, -0.25) is 0 Å². The van der Waals surface area contributed by atoms with Crippen LogP contribution in [0.2, 0.25) is 5.02 Å². The van der Waals surface area contributed by atoms with Crippen molar-refractivity contribution in [2.75, 3.05) is 26.3 Å². The van der Waals surface area contributed by atoms with E-state index in [9.17, 15) is 0 Å². The molecule has 1 saturated heterocycles. The smallest absolute Gasteiger partial charge is 0.231 e. The van der Waals surface area contributed by atoms with Gasteiger partial charge in [-0.05, 0) is 43.0 Å². The fraction of sp³-hybridized carbons (Fsp3) is 0.400. The highest BCUT2D eigenvalue weighted by molar-refractivity contribution is 7.19. The molecule has 0 saturated carbocycles. The van der Waals surface area contributed by atoms with Crippen LogP contribution >= 0.6 is 22.9 Å². The van der Waals surface area contributed by atoms with Crippen LogP contribution < -0.4 is 9.64 Å². The Morgan fingerprint density at radius 3 is 2.93 bits per heavy atom. The highest BCUT2D eigenvalue weighted by Gasteiger charge is 2.25. The number of hydrogen-bond acceptors (Lipinski definition) is 5. The maximum absolute atomic E-state index is 6.22. The highest BCUT2D eigenvalue weighted by atomic mass is 35.5. The van der Waals surface area contributed by atoms with Crippen LogP contribution in [0.15, 0.2) is 24.3 Å². The Labute approximate surface area is 166 Å². The number of ether oxygens (including phenoxy) is 2. The van der Waals surface area contributed by atoms with Gasteiger partial charge >= 0.3 is 0 Å². The van der Waals surface area contributed by atoms with Crippen molar-refractivity contribution >= 4 is 33.2 Å². The molecule has 0 atom stereocenters. The van der Waals surface area contributed by atoms with Crippen LogP contribution in [0.3, 0.4) is 0 Å². The summed E-state index contributed by atoms with van der Waals surface area (Å²) in [6.45, 7) is 4.39. The Balaban J connectivity index is 1.55. The molecule has 0 amide bonds. The molecule has 5 rings (SSSR count). The minimum absolute atomic E-state index is 0.659. The summed E-state index contributed by atoms with van der Waals surface area (Å²) >= 11 is 7.94. The quantitative estimate of drug-likeness (QED) is 0.728. The number of quaternary nitrogens is 1. The van der Waals surface area contributed by atoms with Crippen LogP contribution in [0.1, 0.15) is 22.7 Å². The Hall–Kier alpha value is -1.73. The average Bonchev–Trinajstić information content (AvgIpc) is 3.23. The maximum atomic E-state index is 6.22. The summed E-state index contributed by atoms with van der Waals surface area (Å²) in [5.74, 6) is 2.23. The first-order chi connectivity index (χ1) is 13.3. The second kappa shape index (κ2) is 7.36. The molecule has 3 heterocycles. The molecule has 2 aromatic heterocycles. The number of rotatable bonds is 4. The molecule has 1 N–H and O–H groups in total. The molecule has 0 radical (unpaired) electrons. The molecule has 1 aliphatic heterocycles. The SMILES string of the molecule is Clc1cccc(Oc2nc(C[NH+]3CCOCC3)nc3sc4c(c23)CCC4)c1. The van der Waals surface area contributed by atoms with Crippen molar-refractivity contribution < 1.29 is 14.4 Å². The zero-order chi connectivity index (χ0) is 18.2. The molecule has 1 fully saturated rings. The van der Waals surface area contributed by atoms with Crippen LogP contribution in [0, 0.1) is 0 Å². The molecular formula is C20H21ClN3O2S+. The minimum Gasteiger partial charge on any atom is -0.438 e. The predicted molar refractivity (Wildman–Crippen MR) is 106 cm³/mol. The van der Waals surface area contributed by atoms with Crippen LogP contribution in [0.25, 0.3) is 10.2 Å². The fourth-order valence-corrected chi connectivity index (χ4v) is 5.31. The standard InChI is InChI=1S/C20H20ClN3O2S/c21-13-3-1-4-14(11-13)26-19-18-15-5-2-6-16(15)27-20(18)23-17(22-19)12-24-7-9-25-10-8-24/h1,3-4,11H,2,5-10,12H2/p+1. The predicted octanol–water partition coefficient (Wildman–Crippen LogP) is 3.04. The van der Waals surface area contributed by atoms with E-state index < -0.39 is 0 Å². The summed E-state index contributed by atoms with van der Waals surface area (Å²) in [6.07, 6.45) is 3.42. The first-order valence-electron chi connectivity index (χ1n) is 9.42. The molecular weight excluding hydrogens is 382 g/mol. The zero-order valence-corrected chi connectivity index (χ0v) is 16.5. The zero-order valence-electron chi connectivity index (χ0n) is 15.0. The highest BCUT2D eigenvalue weighted by Crippen LogP contribution is 2.41. The van der Waals surface area contributed by atoms with Crippen molar-refractivity contribution in [2.45, 2.75) is 25.8 Å². The van der Waals surface area contributed by atoms with Gasteiger partial charge in [0.1, 0.15) is 30.2 Å². The van der Waals surface area contributed by atoms with E-state index >= 15 is 0 Å². The third-order valence-corrected chi connectivity index (χ3v) is 6.62. The first-order valence-corrected chi connectivity index (χ1v) is 10.6. The molecule has 0 spiro atoms. The Morgan fingerprint density at radius 1 is 1.19 bits per heavy atom. The molecule has 3 aromatic rings. The third kappa shape index (κ3) is 3.55. The number of fused-ring (bicyclic) bond motifs is 3. The largest absolute Gasteiger partial charge is 0.438 e. The summed E-state index contributed by atoms with van der Waals surface area (Å²) < 4.78 is 11.7.